The zero-order chi connectivity index (χ0) is 22.2. The molecule has 3 heterocycles. The van der Waals surface area contributed by atoms with E-state index in [-0.39, 0.29) is 24.0 Å². The summed E-state index contributed by atoms with van der Waals surface area (Å²) in [4.78, 5) is 28.5. The molecule has 11 heteroatoms. The molecule has 0 radical (unpaired) electrons. The van der Waals surface area contributed by atoms with E-state index < -0.39 is 28.2 Å². The van der Waals surface area contributed by atoms with Gasteiger partial charge in [-0.2, -0.15) is 9.57 Å². The lowest BCUT2D eigenvalue weighted by molar-refractivity contribution is -0.137. The molecular weight excluding hydrogens is 422 g/mol. The summed E-state index contributed by atoms with van der Waals surface area (Å²) >= 11 is 0. The van der Waals surface area contributed by atoms with Crippen LogP contribution >= 0.6 is 0 Å². The highest BCUT2D eigenvalue weighted by Gasteiger charge is 2.32. The second kappa shape index (κ2) is 7.98. The Balaban J connectivity index is 1.60. The molecule has 10 nitrogen and oxygen atoms in total. The summed E-state index contributed by atoms with van der Waals surface area (Å²) in [7, 11) is -3.72. The second-order valence-electron chi connectivity index (χ2n) is 7.25. The number of aromatic nitrogens is 3. The van der Waals surface area contributed by atoms with Crippen molar-refractivity contribution in [1.82, 2.24) is 18.4 Å². The number of fused-ring (bicyclic) bond motifs is 1. The molecule has 0 unspecified atom stereocenters. The van der Waals surface area contributed by atoms with Gasteiger partial charge in [-0.25, -0.2) is 18.2 Å². The van der Waals surface area contributed by atoms with Gasteiger partial charge in [0.2, 0.25) is 10.0 Å². The van der Waals surface area contributed by atoms with Crippen LogP contribution in [-0.4, -0.2) is 51.0 Å². The maximum atomic E-state index is 12.9. The van der Waals surface area contributed by atoms with Crippen molar-refractivity contribution in [2.24, 2.45) is 0 Å². The Morgan fingerprint density at radius 2 is 1.87 bits per heavy atom. The van der Waals surface area contributed by atoms with Crippen LogP contribution in [0.15, 0.2) is 52.3 Å². The minimum absolute atomic E-state index is 0.113. The van der Waals surface area contributed by atoms with Gasteiger partial charge in [0.15, 0.2) is 5.65 Å². The van der Waals surface area contributed by atoms with E-state index in [1.54, 1.807) is 12.1 Å². The van der Waals surface area contributed by atoms with Gasteiger partial charge < -0.3 is 5.11 Å². The molecule has 1 aliphatic heterocycles. The van der Waals surface area contributed by atoms with E-state index in [2.05, 4.69) is 4.98 Å². The molecule has 31 heavy (non-hydrogen) atoms. The molecule has 0 aliphatic carbocycles. The van der Waals surface area contributed by atoms with Crippen LogP contribution in [0.3, 0.4) is 0 Å². The molecule has 1 aromatic carbocycles. The summed E-state index contributed by atoms with van der Waals surface area (Å²) < 4.78 is 29.9. The van der Waals surface area contributed by atoms with Crippen molar-refractivity contribution in [2.75, 3.05) is 13.1 Å². The van der Waals surface area contributed by atoms with Gasteiger partial charge in [-0.3, -0.25) is 13.9 Å². The first kappa shape index (κ1) is 20.8. The van der Waals surface area contributed by atoms with E-state index in [4.69, 9.17) is 10.4 Å². The molecule has 0 atom stereocenters. The fourth-order valence-electron chi connectivity index (χ4n) is 3.92. The molecule has 0 bridgehead atoms. The fourth-order valence-corrected chi connectivity index (χ4v) is 5.39. The van der Waals surface area contributed by atoms with Crippen molar-refractivity contribution in [3.8, 4) is 6.07 Å². The van der Waals surface area contributed by atoms with Crippen LogP contribution in [-0.2, 0) is 21.4 Å². The van der Waals surface area contributed by atoms with Crippen molar-refractivity contribution >= 4 is 27.2 Å². The topological polar surface area (TPSA) is 138 Å². The number of hydrogen-bond acceptors (Lipinski definition) is 6. The first-order valence-corrected chi connectivity index (χ1v) is 11.0. The Kier molecular flexibility index (Phi) is 5.34. The predicted molar refractivity (Wildman–Crippen MR) is 110 cm³/mol. The monoisotopic (exact) mass is 441 g/mol. The first-order chi connectivity index (χ1) is 14.8. The summed E-state index contributed by atoms with van der Waals surface area (Å²) in [6.45, 7) is -0.0598. The summed E-state index contributed by atoms with van der Waals surface area (Å²) in [6.07, 6.45) is 2.31. The maximum absolute atomic E-state index is 12.9. The van der Waals surface area contributed by atoms with Gasteiger partial charge in [0, 0.05) is 25.3 Å². The summed E-state index contributed by atoms with van der Waals surface area (Å²) in [6, 6.07) is 10.7. The minimum Gasteiger partial charge on any atom is -0.480 e. The average molecular weight is 441 g/mol. The molecule has 1 fully saturated rings. The van der Waals surface area contributed by atoms with Crippen molar-refractivity contribution in [3.63, 3.8) is 0 Å². The number of piperidine rings is 1. The predicted octanol–water partition coefficient (Wildman–Crippen LogP) is 1.18. The third kappa shape index (κ3) is 3.71. The van der Waals surface area contributed by atoms with Crippen molar-refractivity contribution in [1.29, 1.82) is 5.26 Å². The molecule has 0 saturated carbocycles. The van der Waals surface area contributed by atoms with E-state index in [9.17, 15) is 18.0 Å². The number of sulfonamides is 1. The summed E-state index contributed by atoms with van der Waals surface area (Å²) in [5.74, 6) is -1.13. The van der Waals surface area contributed by atoms with Crippen molar-refractivity contribution in [2.45, 2.75) is 30.3 Å². The van der Waals surface area contributed by atoms with Crippen LogP contribution in [0.1, 0.15) is 24.4 Å². The Labute approximate surface area is 177 Å². The van der Waals surface area contributed by atoms with Crippen LogP contribution in [0, 0.1) is 11.3 Å². The number of aliphatic carboxylic acids is 1. The van der Waals surface area contributed by atoms with E-state index >= 15 is 0 Å². The zero-order valence-corrected chi connectivity index (χ0v) is 17.2. The van der Waals surface area contributed by atoms with Crippen LogP contribution < -0.4 is 5.69 Å². The molecule has 2 aromatic heterocycles. The SMILES string of the molecule is N#Cc1ccc(S(=O)(=O)N2CCC(n3c(=O)n(CC(=O)O)c4cccnc43)CC2)cc1. The molecule has 1 saturated heterocycles. The normalized spacial score (nSPS) is 15.7. The number of carboxylic acid groups (broad SMARTS) is 1. The molecule has 1 N–H and O–H groups in total. The number of imidazole rings is 1. The maximum Gasteiger partial charge on any atom is 0.331 e. The van der Waals surface area contributed by atoms with Gasteiger partial charge in [0.25, 0.3) is 0 Å². The van der Waals surface area contributed by atoms with Crippen molar-refractivity contribution < 1.29 is 18.3 Å². The fraction of sp³-hybridized carbons (Fsp3) is 0.300. The Morgan fingerprint density at radius 1 is 1.19 bits per heavy atom. The first-order valence-electron chi connectivity index (χ1n) is 9.61. The van der Waals surface area contributed by atoms with E-state index in [0.717, 1.165) is 0 Å². The van der Waals surface area contributed by atoms with Crippen LogP contribution in [0.5, 0.6) is 0 Å². The van der Waals surface area contributed by atoms with Crippen LogP contribution in [0.4, 0.5) is 0 Å². The largest absolute Gasteiger partial charge is 0.480 e. The molecular formula is C20H19N5O5S. The minimum atomic E-state index is -3.72. The molecule has 160 valence electrons. The van der Waals surface area contributed by atoms with Crippen LogP contribution in [0.25, 0.3) is 11.2 Å². The number of rotatable bonds is 5. The number of carboxylic acids is 1. The van der Waals surface area contributed by atoms with E-state index in [1.165, 1.54) is 43.9 Å². The van der Waals surface area contributed by atoms with Gasteiger partial charge in [0.05, 0.1) is 22.0 Å². The van der Waals surface area contributed by atoms with Crippen molar-refractivity contribution in [3.05, 3.63) is 58.6 Å². The quantitative estimate of drug-likeness (QED) is 0.627. The zero-order valence-electron chi connectivity index (χ0n) is 16.4. The molecule has 0 amide bonds. The number of nitriles is 1. The van der Waals surface area contributed by atoms with Gasteiger partial charge in [-0.15, -0.1) is 0 Å². The van der Waals surface area contributed by atoms with Gasteiger partial charge in [-0.1, -0.05) is 0 Å². The highest BCUT2D eigenvalue weighted by molar-refractivity contribution is 7.89. The standard InChI is InChI=1S/C20H19N5O5S/c21-12-14-3-5-16(6-4-14)31(29,30)23-10-7-15(8-11-23)25-19-17(2-1-9-22-19)24(20(25)28)13-18(26)27/h1-6,9,15H,7-8,10-11,13H2,(H,26,27). The third-order valence-corrected chi connectivity index (χ3v) is 7.34. The molecule has 0 spiro atoms. The second-order valence-corrected chi connectivity index (χ2v) is 9.19. The Hall–Kier alpha value is -3.49. The van der Waals surface area contributed by atoms with Gasteiger partial charge >= 0.3 is 11.7 Å². The number of hydrogen-bond donors (Lipinski definition) is 1. The molecule has 1 aliphatic rings. The van der Waals surface area contributed by atoms with Gasteiger partial charge in [0.1, 0.15) is 6.54 Å². The number of nitrogens with zero attached hydrogens (tertiary/aromatic N) is 5. The van der Waals surface area contributed by atoms with E-state index in [0.29, 0.717) is 29.6 Å². The lowest BCUT2D eigenvalue weighted by Crippen LogP contribution is -2.41. The van der Waals surface area contributed by atoms with Crippen LogP contribution in [0.2, 0.25) is 0 Å². The van der Waals surface area contributed by atoms with E-state index in [1.807, 2.05) is 6.07 Å². The lowest BCUT2D eigenvalue weighted by Gasteiger charge is -2.31. The Morgan fingerprint density at radius 3 is 2.48 bits per heavy atom. The average Bonchev–Trinajstić information content (AvgIpc) is 3.05. The number of benzene rings is 1. The molecule has 4 rings (SSSR count). The highest BCUT2D eigenvalue weighted by Crippen LogP contribution is 2.28. The summed E-state index contributed by atoms with van der Waals surface area (Å²) in [5.41, 5.74) is 0.733. The smallest absolute Gasteiger partial charge is 0.331 e. The Bertz CT molecular complexity index is 1340. The lowest BCUT2D eigenvalue weighted by atomic mass is 10.1. The number of carbonyl (C=O) groups is 1. The third-order valence-electron chi connectivity index (χ3n) is 5.43. The highest BCUT2D eigenvalue weighted by atomic mass is 32.2. The molecule has 3 aromatic rings. The number of pyridine rings is 1. The summed E-state index contributed by atoms with van der Waals surface area (Å²) in [5, 5.41) is 18.0. The van der Waals surface area contributed by atoms with Gasteiger partial charge in [-0.05, 0) is 49.2 Å².